The maximum Gasteiger partial charge on any atom is 0.0351 e. The van der Waals surface area contributed by atoms with Crippen LogP contribution >= 0.6 is 12.4 Å². The van der Waals surface area contributed by atoms with Gasteiger partial charge < -0.3 is 5.73 Å². The van der Waals surface area contributed by atoms with Crippen LogP contribution in [0.15, 0.2) is 24.3 Å². The fourth-order valence-electron chi connectivity index (χ4n) is 3.64. The van der Waals surface area contributed by atoms with Crippen molar-refractivity contribution in [2.24, 2.45) is 11.7 Å². The van der Waals surface area contributed by atoms with Crippen LogP contribution in [0, 0.1) is 5.92 Å². The third-order valence-electron chi connectivity index (χ3n) is 4.78. The molecular formula is C16H25ClN2. The molecule has 1 saturated heterocycles. The molecule has 2 aliphatic rings. The Balaban J connectivity index is 0.00000133. The topological polar surface area (TPSA) is 29.3 Å². The van der Waals surface area contributed by atoms with Crippen LogP contribution in [-0.2, 0) is 6.42 Å². The molecule has 2 N–H and O–H groups in total. The number of hydrogen-bond donors (Lipinski definition) is 1. The van der Waals surface area contributed by atoms with Gasteiger partial charge in [0.2, 0.25) is 0 Å². The van der Waals surface area contributed by atoms with E-state index < -0.39 is 0 Å². The van der Waals surface area contributed by atoms with Crippen LogP contribution in [0.3, 0.4) is 0 Å². The Labute approximate surface area is 122 Å². The molecule has 19 heavy (non-hydrogen) atoms. The van der Waals surface area contributed by atoms with E-state index in [0.29, 0.717) is 18.0 Å². The Morgan fingerprint density at radius 2 is 2.05 bits per heavy atom. The molecule has 1 aromatic rings. The summed E-state index contributed by atoms with van der Waals surface area (Å²) in [5, 5.41) is 0. The summed E-state index contributed by atoms with van der Waals surface area (Å²) in [5.74, 6) is 0.694. The Bertz CT molecular complexity index is 419. The molecule has 106 valence electrons. The summed E-state index contributed by atoms with van der Waals surface area (Å²) in [6.07, 6.45) is 5.19. The normalized spacial score (nSPS) is 28.5. The molecular weight excluding hydrogens is 256 g/mol. The lowest BCUT2D eigenvalue weighted by atomic mass is 9.87. The molecule has 3 unspecified atom stereocenters. The molecule has 0 radical (unpaired) electrons. The Kier molecular flexibility index (Phi) is 4.88. The van der Waals surface area contributed by atoms with Crippen LogP contribution in [0.2, 0.25) is 0 Å². The molecule has 2 nitrogen and oxygen atoms in total. The van der Waals surface area contributed by atoms with Crippen LogP contribution in [0.25, 0.3) is 0 Å². The molecule has 1 heterocycles. The van der Waals surface area contributed by atoms with Gasteiger partial charge in [-0.15, -0.1) is 12.4 Å². The molecule has 0 bridgehead atoms. The highest BCUT2D eigenvalue weighted by molar-refractivity contribution is 5.85. The van der Waals surface area contributed by atoms with Gasteiger partial charge in [0.05, 0.1) is 0 Å². The standard InChI is InChI=1S/C16H24N2.ClH/c1-12(17)14-9-10-18(11-14)16-8-4-6-13-5-2-3-7-15(13)16;/h2-3,5,7,12,14,16H,4,6,8-11,17H2,1H3;1H. The first kappa shape index (κ1) is 14.8. The lowest BCUT2D eigenvalue weighted by molar-refractivity contribution is 0.210. The van der Waals surface area contributed by atoms with Gasteiger partial charge in [0, 0.05) is 18.6 Å². The number of nitrogens with zero attached hydrogens (tertiary/aromatic N) is 1. The van der Waals surface area contributed by atoms with Crippen LogP contribution in [-0.4, -0.2) is 24.0 Å². The Hall–Kier alpha value is -0.570. The van der Waals surface area contributed by atoms with Gasteiger partial charge in [-0.2, -0.15) is 0 Å². The maximum atomic E-state index is 6.06. The van der Waals surface area contributed by atoms with E-state index in [1.807, 2.05) is 0 Å². The average molecular weight is 281 g/mol. The van der Waals surface area contributed by atoms with Crippen molar-refractivity contribution in [3.05, 3.63) is 35.4 Å². The van der Waals surface area contributed by atoms with Crippen molar-refractivity contribution in [1.29, 1.82) is 0 Å². The largest absolute Gasteiger partial charge is 0.328 e. The van der Waals surface area contributed by atoms with Gasteiger partial charge in [-0.25, -0.2) is 0 Å². The summed E-state index contributed by atoms with van der Waals surface area (Å²) in [5.41, 5.74) is 9.20. The minimum absolute atomic E-state index is 0. The van der Waals surface area contributed by atoms with Crippen molar-refractivity contribution in [2.45, 2.75) is 44.7 Å². The third-order valence-corrected chi connectivity index (χ3v) is 4.78. The van der Waals surface area contributed by atoms with E-state index in [9.17, 15) is 0 Å². The van der Waals surface area contributed by atoms with Gasteiger partial charge in [0.25, 0.3) is 0 Å². The molecule has 3 rings (SSSR count). The van der Waals surface area contributed by atoms with E-state index in [0.717, 1.165) is 0 Å². The number of halogens is 1. The molecule has 1 fully saturated rings. The molecule has 0 amide bonds. The molecule has 1 aromatic carbocycles. The van der Waals surface area contributed by atoms with E-state index in [2.05, 4.69) is 36.1 Å². The fraction of sp³-hybridized carbons (Fsp3) is 0.625. The van der Waals surface area contributed by atoms with Crippen molar-refractivity contribution < 1.29 is 0 Å². The van der Waals surface area contributed by atoms with E-state index in [1.165, 1.54) is 38.8 Å². The van der Waals surface area contributed by atoms with Crippen LogP contribution in [0.1, 0.15) is 43.4 Å². The SMILES string of the molecule is CC(N)C1CCN(C2CCCc3ccccc32)C1.Cl. The van der Waals surface area contributed by atoms with Gasteiger partial charge in [0.15, 0.2) is 0 Å². The number of benzene rings is 1. The first-order valence-corrected chi connectivity index (χ1v) is 7.33. The number of hydrogen-bond acceptors (Lipinski definition) is 2. The number of fused-ring (bicyclic) bond motifs is 1. The number of rotatable bonds is 2. The van der Waals surface area contributed by atoms with Gasteiger partial charge in [-0.3, -0.25) is 4.90 Å². The Morgan fingerprint density at radius 1 is 1.26 bits per heavy atom. The van der Waals surface area contributed by atoms with Crippen LogP contribution in [0.4, 0.5) is 0 Å². The second-order valence-electron chi connectivity index (χ2n) is 6.01. The average Bonchev–Trinajstić information content (AvgIpc) is 2.87. The molecule has 3 atom stereocenters. The minimum Gasteiger partial charge on any atom is -0.328 e. The second-order valence-corrected chi connectivity index (χ2v) is 6.01. The summed E-state index contributed by atoms with van der Waals surface area (Å²) in [7, 11) is 0. The molecule has 1 aliphatic heterocycles. The first-order valence-electron chi connectivity index (χ1n) is 7.33. The second kappa shape index (κ2) is 6.25. The highest BCUT2D eigenvalue weighted by atomic mass is 35.5. The van der Waals surface area contributed by atoms with Gasteiger partial charge in [-0.1, -0.05) is 24.3 Å². The van der Waals surface area contributed by atoms with Crippen molar-refractivity contribution in [2.75, 3.05) is 13.1 Å². The summed E-state index contributed by atoms with van der Waals surface area (Å²) < 4.78 is 0. The Morgan fingerprint density at radius 3 is 2.79 bits per heavy atom. The highest BCUT2D eigenvalue weighted by Gasteiger charge is 2.32. The van der Waals surface area contributed by atoms with Crippen molar-refractivity contribution in [3.63, 3.8) is 0 Å². The first-order chi connectivity index (χ1) is 8.75. The molecule has 1 aliphatic carbocycles. The van der Waals surface area contributed by atoms with E-state index in [-0.39, 0.29) is 12.4 Å². The maximum absolute atomic E-state index is 6.06. The zero-order valence-electron chi connectivity index (χ0n) is 11.7. The molecule has 0 saturated carbocycles. The summed E-state index contributed by atoms with van der Waals surface area (Å²) in [6, 6.07) is 10.00. The highest BCUT2D eigenvalue weighted by Crippen LogP contribution is 2.37. The lowest BCUT2D eigenvalue weighted by Crippen LogP contribution is -2.33. The van der Waals surface area contributed by atoms with E-state index in [4.69, 9.17) is 5.73 Å². The molecule has 0 spiro atoms. The van der Waals surface area contributed by atoms with Crippen LogP contribution < -0.4 is 5.73 Å². The zero-order chi connectivity index (χ0) is 12.5. The van der Waals surface area contributed by atoms with Gasteiger partial charge in [-0.05, 0) is 56.2 Å². The van der Waals surface area contributed by atoms with Crippen molar-refractivity contribution in [1.82, 2.24) is 4.90 Å². The molecule has 0 aromatic heterocycles. The zero-order valence-corrected chi connectivity index (χ0v) is 12.5. The number of likely N-dealkylation sites (tertiary alicyclic amines) is 1. The monoisotopic (exact) mass is 280 g/mol. The number of aryl methyl sites for hydroxylation is 1. The van der Waals surface area contributed by atoms with E-state index >= 15 is 0 Å². The summed E-state index contributed by atoms with van der Waals surface area (Å²) in [4.78, 5) is 2.67. The third kappa shape index (κ3) is 2.96. The van der Waals surface area contributed by atoms with Gasteiger partial charge in [0.1, 0.15) is 0 Å². The minimum atomic E-state index is 0. The van der Waals surface area contributed by atoms with E-state index in [1.54, 1.807) is 11.1 Å². The number of nitrogens with two attached hydrogens (primary N) is 1. The van der Waals surface area contributed by atoms with Crippen molar-refractivity contribution in [3.8, 4) is 0 Å². The van der Waals surface area contributed by atoms with Gasteiger partial charge >= 0.3 is 0 Å². The van der Waals surface area contributed by atoms with Crippen LogP contribution in [0.5, 0.6) is 0 Å². The fourth-order valence-corrected chi connectivity index (χ4v) is 3.64. The predicted octanol–water partition coefficient (Wildman–Crippen LogP) is 3.15. The summed E-state index contributed by atoms with van der Waals surface area (Å²) in [6.45, 7) is 4.57. The molecule has 3 heteroatoms. The quantitative estimate of drug-likeness (QED) is 0.902. The lowest BCUT2D eigenvalue weighted by Gasteiger charge is -2.33. The summed E-state index contributed by atoms with van der Waals surface area (Å²) >= 11 is 0. The smallest absolute Gasteiger partial charge is 0.0351 e. The predicted molar refractivity (Wildman–Crippen MR) is 82.7 cm³/mol. The van der Waals surface area contributed by atoms with Crippen molar-refractivity contribution >= 4 is 12.4 Å².